The van der Waals surface area contributed by atoms with Crippen molar-refractivity contribution in [3.63, 3.8) is 0 Å². The first-order valence-electron chi connectivity index (χ1n) is 5.04. The first-order valence-corrected chi connectivity index (χ1v) is 5.84. The fraction of sp³-hybridized carbons (Fsp3) is 0.273. The maximum atomic E-state index is 13.5. The molecule has 0 aliphatic heterocycles. The summed E-state index contributed by atoms with van der Waals surface area (Å²) in [5, 5.41) is 17.6. The van der Waals surface area contributed by atoms with Crippen molar-refractivity contribution in [3.05, 3.63) is 45.9 Å². The highest BCUT2D eigenvalue weighted by atomic mass is 79.9. The zero-order valence-corrected chi connectivity index (χ0v) is 10.7. The topological polar surface area (TPSA) is 50.9 Å². The van der Waals surface area contributed by atoms with Gasteiger partial charge in [-0.25, -0.2) is 4.39 Å². The number of hydrogen-bond acceptors (Lipinski definition) is 3. The Morgan fingerprint density at radius 1 is 1.53 bits per heavy atom. The van der Waals surface area contributed by atoms with Crippen molar-refractivity contribution in [1.29, 1.82) is 0 Å². The molecule has 0 bridgehead atoms. The van der Waals surface area contributed by atoms with Crippen LogP contribution in [0, 0.1) is 5.82 Å². The summed E-state index contributed by atoms with van der Waals surface area (Å²) in [4.78, 5) is 0. The van der Waals surface area contributed by atoms with Crippen molar-refractivity contribution in [3.8, 4) is 0 Å². The minimum atomic E-state index is -0.927. The van der Waals surface area contributed by atoms with Crippen LogP contribution in [0.1, 0.15) is 17.4 Å². The number of nitrogens with zero attached hydrogens (tertiary/aromatic N) is 3. The molecule has 0 saturated heterocycles. The van der Waals surface area contributed by atoms with Crippen LogP contribution >= 0.6 is 15.9 Å². The predicted molar refractivity (Wildman–Crippen MR) is 63.8 cm³/mol. The summed E-state index contributed by atoms with van der Waals surface area (Å²) < 4.78 is 15.8. The smallest absolute Gasteiger partial charge is 0.129 e. The van der Waals surface area contributed by atoms with Gasteiger partial charge in [-0.2, -0.15) is 0 Å². The van der Waals surface area contributed by atoms with Gasteiger partial charge in [-0.15, -0.1) is 5.10 Å². The van der Waals surface area contributed by atoms with Gasteiger partial charge in [0.15, 0.2) is 0 Å². The van der Waals surface area contributed by atoms with Gasteiger partial charge in [0.1, 0.15) is 5.82 Å². The third kappa shape index (κ3) is 2.89. The molecule has 0 saturated carbocycles. The van der Waals surface area contributed by atoms with Crippen LogP contribution in [0.2, 0.25) is 0 Å². The number of aliphatic hydroxyl groups is 1. The van der Waals surface area contributed by atoms with E-state index in [0.717, 1.165) is 4.47 Å². The average Bonchev–Trinajstić information content (AvgIpc) is 2.67. The van der Waals surface area contributed by atoms with Gasteiger partial charge < -0.3 is 5.11 Å². The molecule has 0 spiro atoms. The fourth-order valence-corrected chi connectivity index (χ4v) is 1.95. The van der Waals surface area contributed by atoms with E-state index in [2.05, 4.69) is 26.2 Å². The Morgan fingerprint density at radius 3 is 2.94 bits per heavy atom. The molecule has 4 nitrogen and oxygen atoms in total. The fourth-order valence-electron chi connectivity index (χ4n) is 1.57. The molecule has 6 heteroatoms. The molecule has 0 amide bonds. The quantitative estimate of drug-likeness (QED) is 0.943. The van der Waals surface area contributed by atoms with Gasteiger partial charge in [0.2, 0.25) is 0 Å². The van der Waals surface area contributed by atoms with Crippen LogP contribution < -0.4 is 0 Å². The van der Waals surface area contributed by atoms with Gasteiger partial charge in [0.05, 0.1) is 11.8 Å². The molecule has 0 aliphatic rings. The summed E-state index contributed by atoms with van der Waals surface area (Å²) >= 11 is 3.24. The van der Waals surface area contributed by atoms with E-state index in [1.54, 1.807) is 30.1 Å². The highest BCUT2D eigenvalue weighted by molar-refractivity contribution is 9.10. The Bertz CT molecular complexity index is 529. The summed E-state index contributed by atoms with van der Waals surface area (Å²) in [6.45, 7) is 0. The maximum absolute atomic E-state index is 13.5. The Kier molecular flexibility index (Phi) is 3.54. The molecule has 0 radical (unpaired) electrons. The van der Waals surface area contributed by atoms with Crippen LogP contribution in [-0.4, -0.2) is 20.1 Å². The highest BCUT2D eigenvalue weighted by Gasteiger charge is 2.15. The van der Waals surface area contributed by atoms with Crippen LogP contribution in [0.5, 0.6) is 0 Å². The molecule has 0 aliphatic carbocycles. The Morgan fingerprint density at radius 2 is 2.29 bits per heavy atom. The first-order chi connectivity index (χ1) is 8.06. The molecule has 1 atom stereocenters. The number of rotatable bonds is 3. The molecule has 17 heavy (non-hydrogen) atoms. The zero-order valence-electron chi connectivity index (χ0n) is 9.14. The van der Waals surface area contributed by atoms with Gasteiger partial charge in [-0.05, 0) is 18.2 Å². The number of aliphatic hydroxyl groups excluding tert-OH is 1. The van der Waals surface area contributed by atoms with Gasteiger partial charge >= 0.3 is 0 Å². The molecule has 90 valence electrons. The third-order valence-electron chi connectivity index (χ3n) is 2.37. The van der Waals surface area contributed by atoms with E-state index in [1.807, 2.05) is 0 Å². The minimum absolute atomic E-state index is 0.237. The molecule has 1 aromatic heterocycles. The van der Waals surface area contributed by atoms with Crippen LogP contribution in [0.3, 0.4) is 0 Å². The lowest BCUT2D eigenvalue weighted by Gasteiger charge is -2.10. The monoisotopic (exact) mass is 299 g/mol. The van der Waals surface area contributed by atoms with E-state index in [9.17, 15) is 9.50 Å². The average molecular weight is 300 g/mol. The van der Waals surface area contributed by atoms with E-state index < -0.39 is 11.9 Å². The van der Waals surface area contributed by atoms with E-state index >= 15 is 0 Å². The van der Waals surface area contributed by atoms with Crippen LogP contribution in [0.4, 0.5) is 4.39 Å². The minimum Gasteiger partial charge on any atom is -0.388 e. The van der Waals surface area contributed by atoms with Gasteiger partial charge in [-0.3, -0.25) is 4.68 Å². The van der Waals surface area contributed by atoms with Crippen molar-refractivity contribution in [2.24, 2.45) is 7.05 Å². The third-order valence-corrected chi connectivity index (χ3v) is 2.86. The summed E-state index contributed by atoms with van der Waals surface area (Å²) in [5.41, 5.74) is 0.879. The van der Waals surface area contributed by atoms with Crippen molar-refractivity contribution < 1.29 is 9.50 Å². The number of benzene rings is 1. The summed E-state index contributed by atoms with van der Waals surface area (Å²) in [7, 11) is 1.74. The van der Waals surface area contributed by atoms with Gasteiger partial charge in [0.25, 0.3) is 0 Å². The number of aryl methyl sites for hydroxylation is 1. The Balaban J connectivity index is 2.19. The summed E-state index contributed by atoms with van der Waals surface area (Å²) in [6, 6.07) is 4.48. The van der Waals surface area contributed by atoms with Gasteiger partial charge in [-0.1, -0.05) is 21.1 Å². The highest BCUT2D eigenvalue weighted by Crippen LogP contribution is 2.23. The largest absolute Gasteiger partial charge is 0.388 e. The van der Waals surface area contributed by atoms with Crippen molar-refractivity contribution in [2.45, 2.75) is 12.5 Å². The van der Waals surface area contributed by atoms with E-state index in [4.69, 9.17) is 0 Å². The molecular weight excluding hydrogens is 289 g/mol. The first kappa shape index (κ1) is 12.2. The molecule has 2 rings (SSSR count). The second-order valence-corrected chi connectivity index (χ2v) is 4.68. The van der Waals surface area contributed by atoms with Crippen molar-refractivity contribution >= 4 is 15.9 Å². The molecule has 0 fully saturated rings. The summed E-state index contributed by atoms with van der Waals surface area (Å²) in [6.07, 6.45) is 1.00. The number of hydrogen-bond donors (Lipinski definition) is 1. The van der Waals surface area contributed by atoms with Crippen LogP contribution in [0.25, 0.3) is 0 Å². The lowest BCUT2D eigenvalue weighted by Crippen LogP contribution is -2.04. The molecule has 1 aromatic carbocycles. The SMILES string of the molecule is Cn1cc(CC(O)c2cc(Br)ccc2F)nn1. The van der Waals surface area contributed by atoms with Crippen LogP contribution in [0.15, 0.2) is 28.9 Å². The Labute approximate surface area is 106 Å². The van der Waals surface area contributed by atoms with E-state index in [-0.39, 0.29) is 12.0 Å². The number of aromatic nitrogens is 3. The molecule has 1 heterocycles. The zero-order chi connectivity index (χ0) is 12.4. The molecule has 2 aromatic rings. The number of halogens is 2. The van der Waals surface area contributed by atoms with Crippen molar-refractivity contribution in [2.75, 3.05) is 0 Å². The predicted octanol–water partition coefficient (Wildman–Crippen LogP) is 1.99. The molecule has 1 unspecified atom stereocenters. The van der Waals surface area contributed by atoms with E-state index in [0.29, 0.717) is 5.69 Å². The van der Waals surface area contributed by atoms with E-state index in [1.165, 1.54) is 6.07 Å². The molecule has 1 N–H and O–H groups in total. The Hall–Kier alpha value is -1.27. The lowest BCUT2D eigenvalue weighted by molar-refractivity contribution is 0.172. The second kappa shape index (κ2) is 4.93. The summed E-state index contributed by atoms with van der Waals surface area (Å²) in [5.74, 6) is -0.426. The van der Waals surface area contributed by atoms with Crippen molar-refractivity contribution in [1.82, 2.24) is 15.0 Å². The lowest BCUT2D eigenvalue weighted by atomic mass is 10.0. The van der Waals surface area contributed by atoms with Crippen LogP contribution in [-0.2, 0) is 13.5 Å². The van der Waals surface area contributed by atoms with Gasteiger partial charge in [0, 0.05) is 29.7 Å². The molecular formula is C11H11BrFN3O. The second-order valence-electron chi connectivity index (χ2n) is 3.77. The maximum Gasteiger partial charge on any atom is 0.129 e. The standard InChI is InChI=1S/C11H11BrFN3O/c1-16-6-8(14-15-16)5-11(17)9-4-7(12)2-3-10(9)13/h2-4,6,11,17H,5H2,1H3. The normalized spacial score (nSPS) is 12.7.